The topological polar surface area (TPSA) is 78.3 Å². The summed E-state index contributed by atoms with van der Waals surface area (Å²) in [6, 6.07) is 1.71. The highest BCUT2D eigenvalue weighted by atomic mass is 16.4. The molecule has 1 aliphatic rings. The van der Waals surface area contributed by atoms with Gasteiger partial charge in [0.25, 0.3) is 0 Å². The number of carboxylic acid groups (broad SMARTS) is 1. The smallest absolute Gasteiger partial charge is 0.404 e. The van der Waals surface area contributed by atoms with E-state index in [2.05, 4.69) is 20.2 Å². The van der Waals surface area contributed by atoms with Crippen LogP contribution in [0.5, 0.6) is 0 Å². The van der Waals surface area contributed by atoms with Gasteiger partial charge in [-0.15, -0.1) is 0 Å². The number of aromatic nitrogens is 2. The molecule has 1 fully saturated rings. The van der Waals surface area contributed by atoms with Gasteiger partial charge in [0.1, 0.15) is 0 Å². The van der Waals surface area contributed by atoms with Crippen molar-refractivity contribution >= 4 is 12.0 Å². The maximum Gasteiger partial charge on any atom is 0.404 e. The predicted molar refractivity (Wildman–Crippen MR) is 53.7 cm³/mol. The summed E-state index contributed by atoms with van der Waals surface area (Å²) in [4.78, 5) is 20.7. The lowest BCUT2D eigenvalue weighted by Gasteiger charge is -2.30. The second kappa shape index (κ2) is 4.12. The van der Waals surface area contributed by atoms with Crippen LogP contribution in [0, 0.1) is 0 Å². The number of carbonyl (C=O) groups is 1. The standard InChI is InChI=1S/C9H12N4O2/c14-9(15)11-6-7-2-3-10-8(12-7)13-4-1-5-13/h2-3,11H,1,4-6H2,(H,14,15). The Kier molecular flexibility index (Phi) is 2.66. The maximum absolute atomic E-state index is 10.3. The molecule has 1 aromatic heterocycles. The molecule has 0 bridgehead atoms. The summed E-state index contributed by atoms with van der Waals surface area (Å²) in [5, 5.41) is 10.7. The SMILES string of the molecule is O=C(O)NCc1ccnc(N2CCC2)n1. The van der Waals surface area contributed by atoms with Gasteiger partial charge in [0.15, 0.2) is 0 Å². The first-order valence-electron chi connectivity index (χ1n) is 4.79. The average Bonchev–Trinajstić information content (AvgIpc) is 2.13. The first kappa shape index (κ1) is 9.70. The maximum atomic E-state index is 10.3. The fourth-order valence-electron chi connectivity index (χ4n) is 1.32. The Balaban J connectivity index is 2.01. The van der Waals surface area contributed by atoms with E-state index in [9.17, 15) is 4.79 Å². The zero-order valence-electron chi connectivity index (χ0n) is 8.18. The Hall–Kier alpha value is -1.85. The van der Waals surface area contributed by atoms with Crippen LogP contribution >= 0.6 is 0 Å². The van der Waals surface area contributed by atoms with Crippen LogP contribution in [0.2, 0.25) is 0 Å². The van der Waals surface area contributed by atoms with Crippen LogP contribution in [-0.4, -0.2) is 34.3 Å². The van der Waals surface area contributed by atoms with Crippen LogP contribution in [0.25, 0.3) is 0 Å². The predicted octanol–water partition coefficient (Wildman–Crippen LogP) is 0.454. The third-order valence-electron chi connectivity index (χ3n) is 2.26. The molecule has 0 radical (unpaired) electrons. The third kappa shape index (κ3) is 2.34. The molecule has 15 heavy (non-hydrogen) atoms. The number of nitrogens with zero attached hydrogens (tertiary/aromatic N) is 3. The van der Waals surface area contributed by atoms with E-state index in [1.165, 1.54) is 6.42 Å². The van der Waals surface area contributed by atoms with Crippen LogP contribution in [-0.2, 0) is 6.54 Å². The Bertz CT molecular complexity index is 365. The van der Waals surface area contributed by atoms with E-state index in [1.54, 1.807) is 12.3 Å². The number of nitrogens with one attached hydrogen (secondary N) is 1. The molecule has 0 aromatic carbocycles. The number of anilines is 1. The molecule has 1 aromatic rings. The van der Waals surface area contributed by atoms with Crippen molar-refractivity contribution in [3.05, 3.63) is 18.0 Å². The molecule has 0 spiro atoms. The van der Waals surface area contributed by atoms with E-state index in [-0.39, 0.29) is 6.54 Å². The molecule has 1 amide bonds. The van der Waals surface area contributed by atoms with Crippen molar-refractivity contribution in [3.63, 3.8) is 0 Å². The van der Waals surface area contributed by atoms with Gasteiger partial charge >= 0.3 is 6.09 Å². The van der Waals surface area contributed by atoms with Gasteiger partial charge in [0.2, 0.25) is 5.95 Å². The summed E-state index contributed by atoms with van der Waals surface area (Å²) < 4.78 is 0. The van der Waals surface area contributed by atoms with Gasteiger partial charge in [-0.05, 0) is 12.5 Å². The van der Waals surface area contributed by atoms with Gasteiger partial charge in [0.05, 0.1) is 12.2 Å². The van der Waals surface area contributed by atoms with E-state index in [1.807, 2.05) is 0 Å². The highest BCUT2D eigenvalue weighted by molar-refractivity contribution is 5.64. The molecule has 0 unspecified atom stereocenters. The lowest BCUT2D eigenvalue weighted by Crippen LogP contribution is -2.38. The van der Waals surface area contributed by atoms with Crippen molar-refractivity contribution in [1.82, 2.24) is 15.3 Å². The molecule has 0 atom stereocenters. The van der Waals surface area contributed by atoms with E-state index in [0.29, 0.717) is 11.6 Å². The summed E-state index contributed by atoms with van der Waals surface area (Å²) in [5.41, 5.74) is 0.689. The van der Waals surface area contributed by atoms with Crippen molar-refractivity contribution in [3.8, 4) is 0 Å². The zero-order chi connectivity index (χ0) is 10.7. The third-order valence-corrected chi connectivity index (χ3v) is 2.26. The van der Waals surface area contributed by atoms with Crippen molar-refractivity contribution in [2.24, 2.45) is 0 Å². The first-order valence-corrected chi connectivity index (χ1v) is 4.79. The lowest BCUT2D eigenvalue weighted by atomic mass is 10.2. The van der Waals surface area contributed by atoms with E-state index >= 15 is 0 Å². The van der Waals surface area contributed by atoms with E-state index in [4.69, 9.17) is 5.11 Å². The highest BCUT2D eigenvalue weighted by Crippen LogP contribution is 2.14. The fraction of sp³-hybridized carbons (Fsp3) is 0.444. The Morgan fingerprint density at radius 2 is 2.40 bits per heavy atom. The van der Waals surface area contributed by atoms with Crippen molar-refractivity contribution in [2.45, 2.75) is 13.0 Å². The molecule has 0 saturated carbocycles. The lowest BCUT2D eigenvalue weighted by molar-refractivity contribution is 0.194. The number of rotatable bonds is 3. The Morgan fingerprint density at radius 1 is 1.60 bits per heavy atom. The Labute approximate surface area is 87.0 Å². The number of hydrogen-bond donors (Lipinski definition) is 2. The quantitative estimate of drug-likeness (QED) is 0.754. The van der Waals surface area contributed by atoms with Gasteiger partial charge in [-0.2, -0.15) is 0 Å². The van der Waals surface area contributed by atoms with Gasteiger partial charge in [0, 0.05) is 19.3 Å². The average molecular weight is 208 g/mol. The fourth-order valence-corrected chi connectivity index (χ4v) is 1.32. The van der Waals surface area contributed by atoms with Gasteiger partial charge in [-0.3, -0.25) is 0 Å². The molecule has 2 heterocycles. The molecule has 6 heteroatoms. The molecule has 0 aliphatic carbocycles. The van der Waals surface area contributed by atoms with Crippen LogP contribution in [0.4, 0.5) is 10.7 Å². The molecule has 6 nitrogen and oxygen atoms in total. The van der Waals surface area contributed by atoms with Crippen LogP contribution < -0.4 is 10.2 Å². The summed E-state index contributed by atoms with van der Waals surface area (Å²) in [5.74, 6) is 0.686. The summed E-state index contributed by atoms with van der Waals surface area (Å²) in [6.07, 6.45) is 1.78. The second-order valence-electron chi connectivity index (χ2n) is 3.35. The van der Waals surface area contributed by atoms with Crippen molar-refractivity contribution < 1.29 is 9.90 Å². The van der Waals surface area contributed by atoms with Crippen LogP contribution in [0.1, 0.15) is 12.1 Å². The van der Waals surface area contributed by atoms with E-state index in [0.717, 1.165) is 13.1 Å². The molecule has 2 N–H and O–H groups in total. The molecule has 80 valence electrons. The minimum Gasteiger partial charge on any atom is -0.465 e. The highest BCUT2D eigenvalue weighted by Gasteiger charge is 2.16. The van der Waals surface area contributed by atoms with Crippen LogP contribution in [0.15, 0.2) is 12.3 Å². The summed E-state index contributed by atoms with van der Waals surface area (Å²) in [7, 11) is 0. The summed E-state index contributed by atoms with van der Waals surface area (Å²) >= 11 is 0. The largest absolute Gasteiger partial charge is 0.465 e. The second-order valence-corrected chi connectivity index (χ2v) is 3.35. The van der Waals surface area contributed by atoms with E-state index < -0.39 is 6.09 Å². The minimum atomic E-state index is -1.04. The van der Waals surface area contributed by atoms with Gasteiger partial charge in [-0.1, -0.05) is 0 Å². The molecule has 1 aliphatic heterocycles. The number of hydrogen-bond acceptors (Lipinski definition) is 4. The molecular weight excluding hydrogens is 196 g/mol. The Morgan fingerprint density at radius 3 is 3.00 bits per heavy atom. The molecule has 1 saturated heterocycles. The monoisotopic (exact) mass is 208 g/mol. The minimum absolute atomic E-state index is 0.221. The summed E-state index contributed by atoms with van der Waals surface area (Å²) in [6.45, 7) is 2.18. The van der Waals surface area contributed by atoms with Crippen LogP contribution in [0.3, 0.4) is 0 Å². The first-order chi connectivity index (χ1) is 7.25. The molecular formula is C9H12N4O2. The normalized spacial score (nSPS) is 14.5. The van der Waals surface area contributed by atoms with Gasteiger partial charge in [-0.25, -0.2) is 14.8 Å². The molecule has 2 rings (SSSR count). The van der Waals surface area contributed by atoms with Gasteiger partial charge < -0.3 is 15.3 Å². The van der Waals surface area contributed by atoms with Crippen molar-refractivity contribution in [1.29, 1.82) is 0 Å². The zero-order valence-corrected chi connectivity index (χ0v) is 8.18. The number of amides is 1. The van der Waals surface area contributed by atoms with Crippen molar-refractivity contribution in [2.75, 3.05) is 18.0 Å².